The molecule has 3 rings (SSSR count). The molecule has 64 valence electrons. The summed E-state index contributed by atoms with van der Waals surface area (Å²) in [5.74, 6) is 3.10. The minimum absolute atomic E-state index is 0.168. The lowest BCUT2D eigenvalue weighted by molar-refractivity contribution is 0.387. The van der Waals surface area contributed by atoms with E-state index in [1.165, 1.54) is 38.5 Å². The van der Waals surface area contributed by atoms with Crippen LogP contribution in [0.25, 0.3) is 0 Å². The predicted molar refractivity (Wildman–Crippen MR) is 46.2 cm³/mol. The van der Waals surface area contributed by atoms with Gasteiger partial charge in [0.05, 0.1) is 11.5 Å². The molecule has 0 aromatic heterocycles. The monoisotopic (exact) mass is 161 g/mol. The SMILES string of the molecule is N#CC1(CC2CC3CC3C2)CC1. The van der Waals surface area contributed by atoms with Crippen LogP contribution in [0, 0.1) is 34.5 Å². The number of rotatable bonds is 2. The van der Waals surface area contributed by atoms with Gasteiger partial charge >= 0.3 is 0 Å². The standard InChI is InChI=1S/C11H15N/c12-7-11(1-2-11)6-8-3-9-5-10(9)4-8/h8-10H,1-6H2. The molecule has 3 aliphatic rings. The quantitative estimate of drug-likeness (QED) is 0.611. The fraction of sp³-hybridized carbons (Fsp3) is 0.909. The lowest BCUT2D eigenvalue weighted by Crippen LogP contribution is -2.06. The van der Waals surface area contributed by atoms with Gasteiger partial charge in [-0.3, -0.25) is 0 Å². The van der Waals surface area contributed by atoms with Gasteiger partial charge in [0.15, 0.2) is 0 Å². The van der Waals surface area contributed by atoms with Crippen LogP contribution in [0.1, 0.15) is 38.5 Å². The van der Waals surface area contributed by atoms with Crippen LogP contribution in [0.5, 0.6) is 0 Å². The van der Waals surface area contributed by atoms with Crippen molar-refractivity contribution in [3.05, 3.63) is 0 Å². The first-order valence-corrected chi connectivity index (χ1v) is 5.23. The maximum absolute atomic E-state index is 8.94. The van der Waals surface area contributed by atoms with Gasteiger partial charge in [-0.1, -0.05) is 0 Å². The Kier molecular flexibility index (Phi) is 1.18. The average Bonchev–Trinajstić information content (AvgIpc) is 2.95. The Morgan fingerprint density at radius 3 is 2.33 bits per heavy atom. The highest BCUT2D eigenvalue weighted by molar-refractivity contribution is 5.11. The zero-order valence-corrected chi connectivity index (χ0v) is 7.42. The van der Waals surface area contributed by atoms with Crippen LogP contribution in [-0.2, 0) is 0 Å². The van der Waals surface area contributed by atoms with Crippen LogP contribution in [0.15, 0.2) is 0 Å². The second-order valence-electron chi connectivity index (χ2n) is 5.19. The number of nitrogens with zero attached hydrogens (tertiary/aromatic N) is 1. The summed E-state index contributed by atoms with van der Waals surface area (Å²) in [5.41, 5.74) is 0.168. The molecule has 0 bridgehead atoms. The Bertz CT molecular complexity index is 236. The molecule has 0 heterocycles. The first kappa shape index (κ1) is 6.95. The van der Waals surface area contributed by atoms with E-state index in [-0.39, 0.29) is 5.41 Å². The molecule has 3 fully saturated rings. The number of hydrogen-bond donors (Lipinski definition) is 0. The van der Waals surface area contributed by atoms with Crippen molar-refractivity contribution in [2.24, 2.45) is 23.2 Å². The second kappa shape index (κ2) is 2.05. The van der Waals surface area contributed by atoms with E-state index in [2.05, 4.69) is 6.07 Å². The van der Waals surface area contributed by atoms with Crippen LogP contribution >= 0.6 is 0 Å². The van der Waals surface area contributed by atoms with Gasteiger partial charge in [0.25, 0.3) is 0 Å². The highest BCUT2D eigenvalue weighted by Crippen LogP contribution is 2.60. The summed E-state index contributed by atoms with van der Waals surface area (Å²) in [6.07, 6.45) is 8.03. The fourth-order valence-corrected chi connectivity index (χ4v) is 3.07. The Labute approximate surface area is 73.8 Å². The third kappa shape index (κ3) is 0.975. The summed E-state index contributed by atoms with van der Waals surface area (Å²) in [7, 11) is 0. The molecule has 3 saturated carbocycles. The summed E-state index contributed by atoms with van der Waals surface area (Å²) in [6.45, 7) is 0. The second-order valence-corrected chi connectivity index (χ2v) is 5.19. The van der Waals surface area contributed by atoms with Gasteiger partial charge in [-0.15, -0.1) is 0 Å². The molecule has 0 radical (unpaired) electrons. The highest BCUT2D eigenvalue weighted by atomic mass is 14.6. The molecule has 1 heteroatoms. The molecule has 0 aromatic carbocycles. The third-order valence-corrected chi connectivity index (χ3v) is 4.11. The molecule has 2 atom stereocenters. The van der Waals surface area contributed by atoms with Crippen LogP contribution in [0.4, 0.5) is 0 Å². The van der Waals surface area contributed by atoms with Crippen molar-refractivity contribution >= 4 is 0 Å². The van der Waals surface area contributed by atoms with E-state index in [0.29, 0.717) is 0 Å². The minimum atomic E-state index is 0.168. The summed E-state index contributed by atoms with van der Waals surface area (Å²) >= 11 is 0. The van der Waals surface area contributed by atoms with Gasteiger partial charge in [-0.05, 0) is 56.3 Å². The number of fused-ring (bicyclic) bond motifs is 1. The Balaban J connectivity index is 1.59. The molecule has 2 unspecified atom stereocenters. The van der Waals surface area contributed by atoms with Gasteiger partial charge in [0, 0.05) is 0 Å². The van der Waals surface area contributed by atoms with Crippen LogP contribution in [-0.4, -0.2) is 0 Å². The van der Waals surface area contributed by atoms with E-state index >= 15 is 0 Å². The van der Waals surface area contributed by atoms with Crippen LogP contribution < -0.4 is 0 Å². The smallest absolute Gasteiger partial charge is 0.0689 e. The molecule has 12 heavy (non-hydrogen) atoms. The van der Waals surface area contributed by atoms with Crippen molar-refractivity contribution in [1.82, 2.24) is 0 Å². The first-order chi connectivity index (χ1) is 5.81. The maximum atomic E-state index is 8.94. The molecular formula is C11H15N. The predicted octanol–water partition coefficient (Wildman–Crippen LogP) is 2.73. The van der Waals surface area contributed by atoms with E-state index in [0.717, 1.165) is 17.8 Å². The Hall–Kier alpha value is -0.510. The van der Waals surface area contributed by atoms with E-state index in [1.807, 2.05) is 0 Å². The van der Waals surface area contributed by atoms with E-state index < -0.39 is 0 Å². The van der Waals surface area contributed by atoms with Crippen LogP contribution in [0.2, 0.25) is 0 Å². The fourth-order valence-electron chi connectivity index (χ4n) is 3.07. The summed E-state index contributed by atoms with van der Waals surface area (Å²) in [4.78, 5) is 0. The first-order valence-electron chi connectivity index (χ1n) is 5.23. The van der Waals surface area contributed by atoms with Crippen molar-refractivity contribution in [2.75, 3.05) is 0 Å². The van der Waals surface area contributed by atoms with Gasteiger partial charge in [-0.2, -0.15) is 5.26 Å². The molecular weight excluding hydrogens is 146 g/mol. The van der Waals surface area contributed by atoms with Crippen molar-refractivity contribution < 1.29 is 0 Å². The number of hydrogen-bond acceptors (Lipinski definition) is 1. The molecule has 0 aliphatic heterocycles. The summed E-state index contributed by atoms with van der Waals surface area (Å²) in [5, 5.41) is 8.94. The van der Waals surface area contributed by atoms with Crippen molar-refractivity contribution in [1.29, 1.82) is 5.26 Å². The summed E-state index contributed by atoms with van der Waals surface area (Å²) in [6, 6.07) is 2.51. The van der Waals surface area contributed by atoms with Gasteiger partial charge in [0.2, 0.25) is 0 Å². The molecule has 0 N–H and O–H groups in total. The van der Waals surface area contributed by atoms with Crippen molar-refractivity contribution in [2.45, 2.75) is 38.5 Å². The van der Waals surface area contributed by atoms with Crippen molar-refractivity contribution in [3.8, 4) is 6.07 Å². The average molecular weight is 161 g/mol. The lowest BCUT2D eigenvalue weighted by Gasteiger charge is -2.13. The zero-order chi connectivity index (χ0) is 8.18. The minimum Gasteiger partial charge on any atom is -0.198 e. The van der Waals surface area contributed by atoms with Crippen molar-refractivity contribution in [3.63, 3.8) is 0 Å². The molecule has 0 saturated heterocycles. The van der Waals surface area contributed by atoms with E-state index in [9.17, 15) is 0 Å². The largest absolute Gasteiger partial charge is 0.198 e. The normalized spacial score (nSPS) is 46.4. The molecule has 1 nitrogen and oxygen atoms in total. The lowest BCUT2D eigenvalue weighted by atomic mass is 9.90. The van der Waals surface area contributed by atoms with Gasteiger partial charge in [-0.25, -0.2) is 0 Å². The van der Waals surface area contributed by atoms with Gasteiger partial charge in [0.1, 0.15) is 0 Å². The zero-order valence-electron chi connectivity index (χ0n) is 7.42. The van der Waals surface area contributed by atoms with Crippen LogP contribution in [0.3, 0.4) is 0 Å². The maximum Gasteiger partial charge on any atom is 0.0689 e. The highest BCUT2D eigenvalue weighted by Gasteiger charge is 2.51. The third-order valence-electron chi connectivity index (χ3n) is 4.11. The van der Waals surface area contributed by atoms with Gasteiger partial charge < -0.3 is 0 Å². The number of nitriles is 1. The van der Waals surface area contributed by atoms with E-state index in [1.54, 1.807) is 0 Å². The van der Waals surface area contributed by atoms with E-state index in [4.69, 9.17) is 5.26 Å². The molecule has 0 spiro atoms. The molecule has 3 aliphatic carbocycles. The Morgan fingerprint density at radius 2 is 1.83 bits per heavy atom. The molecule has 0 aromatic rings. The summed E-state index contributed by atoms with van der Waals surface area (Å²) < 4.78 is 0. The Morgan fingerprint density at radius 1 is 1.17 bits per heavy atom. The topological polar surface area (TPSA) is 23.8 Å². The molecule has 0 amide bonds.